The number of aromatic hydroxyl groups is 1. The van der Waals surface area contributed by atoms with Gasteiger partial charge < -0.3 is 10.2 Å². The highest BCUT2D eigenvalue weighted by Gasteiger charge is 2.11. The number of pyridine rings is 1. The molecule has 0 aliphatic heterocycles. The number of thiazole rings is 1. The molecule has 0 saturated heterocycles. The number of rotatable bonds is 6. The van der Waals surface area contributed by atoms with E-state index in [4.69, 9.17) is 0 Å². The molecule has 0 unspecified atom stereocenters. The van der Waals surface area contributed by atoms with Gasteiger partial charge in [-0.05, 0) is 31.2 Å². The summed E-state index contributed by atoms with van der Waals surface area (Å²) in [7, 11) is 0. The first-order valence-corrected chi connectivity index (χ1v) is 9.16. The molecule has 0 bridgehead atoms. The summed E-state index contributed by atoms with van der Waals surface area (Å²) in [4.78, 5) is 20.4. The third kappa shape index (κ3) is 4.56. The molecule has 1 amide bonds. The van der Waals surface area contributed by atoms with E-state index in [9.17, 15) is 19.4 Å². The van der Waals surface area contributed by atoms with Crippen molar-refractivity contribution >= 4 is 23.5 Å². The van der Waals surface area contributed by atoms with Gasteiger partial charge in [0.15, 0.2) is 0 Å². The van der Waals surface area contributed by atoms with Crippen molar-refractivity contribution < 1.29 is 19.4 Å². The third-order valence-electron chi connectivity index (χ3n) is 3.90. The molecule has 7 nitrogen and oxygen atoms in total. The fourth-order valence-electron chi connectivity index (χ4n) is 2.41. The lowest BCUT2D eigenvalue weighted by Gasteiger charge is -2.06. The molecule has 9 heteroatoms. The fraction of sp³-hybridized carbons (Fsp3) is 0.158. The lowest BCUT2D eigenvalue weighted by Crippen LogP contribution is -2.20. The third-order valence-corrected chi connectivity index (χ3v) is 4.84. The second kappa shape index (κ2) is 8.68. The lowest BCUT2D eigenvalue weighted by molar-refractivity contribution is -0.120. The van der Waals surface area contributed by atoms with Crippen molar-refractivity contribution in [1.29, 1.82) is 0 Å². The monoisotopic (exact) mass is 400 g/mol. The summed E-state index contributed by atoms with van der Waals surface area (Å²) in [5.74, 6) is -0.812. The molecule has 0 aliphatic rings. The Bertz CT molecular complexity index is 1020. The first-order valence-electron chi connectivity index (χ1n) is 8.28. The summed E-state index contributed by atoms with van der Waals surface area (Å²) < 4.78 is 13.0. The summed E-state index contributed by atoms with van der Waals surface area (Å²) in [6.45, 7) is 1.30. The predicted octanol–water partition coefficient (Wildman–Crippen LogP) is 2.54. The van der Waals surface area contributed by atoms with Gasteiger partial charge in [-0.2, -0.15) is 5.10 Å². The molecule has 3 N–H and O–H groups in total. The number of hydrogen-bond acceptors (Lipinski definition) is 7. The average molecular weight is 400 g/mol. The van der Waals surface area contributed by atoms with Gasteiger partial charge in [0.05, 0.1) is 30.6 Å². The number of aliphatic hydroxyl groups excluding tert-OH is 1. The van der Waals surface area contributed by atoms with Crippen LogP contribution in [0.1, 0.15) is 22.5 Å². The number of amides is 1. The molecule has 0 spiro atoms. The van der Waals surface area contributed by atoms with E-state index < -0.39 is 0 Å². The van der Waals surface area contributed by atoms with E-state index in [0.717, 1.165) is 5.56 Å². The zero-order chi connectivity index (χ0) is 20.1. The molecule has 2 heterocycles. The Morgan fingerprint density at radius 1 is 1.36 bits per heavy atom. The molecule has 1 aromatic carbocycles. The van der Waals surface area contributed by atoms with Crippen molar-refractivity contribution in [2.45, 2.75) is 20.0 Å². The van der Waals surface area contributed by atoms with Gasteiger partial charge in [0.2, 0.25) is 5.91 Å². The van der Waals surface area contributed by atoms with Crippen molar-refractivity contribution in [3.63, 3.8) is 0 Å². The van der Waals surface area contributed by atoms with Crippen LogP contribution >= 0.6 is 11.3 Å². The van der Waals surface area contributed by atoms with E-state index in [1.54, 1.807) is 24.4 Å². The van der Waals surface area contributed by atoms with E-state index in [1.807, 2.05) is 0 Å². The Morgan fingerprint density at radius 2 is 2.11 bits per heavy atom. The number of benzene rings is 1. The zero-order valence-electron chi connectivity index (χ0n) is 14.9. The highest BCUT2D eigenvalue weighted by atomic mass is 32.1. The van der Waals surface area contributed by atoms with Crippen LogP contribution in [0.4, 0.5) is 4.39 Å². The normalized spacial score (nSPS) is 11.1. The maximum absolute atomic E-state index is 13.0. The first kappa shape index (κ1) is 19.6. The number of halogens is 1. The number of aryl methyl sites for hydroxylation is 1. The van der Waals surface area contributed by atoms with E-state index in [0.29, 0.717) is 27.5 Å². The second-order valence-electron chi connectivity index (χ2n) is 5.91. The molecular formula is C19H17FN4O3S. The molecule has 0 atom stereocenters. The van der Waals surface area contributed by atoms with Crippen LogP contribution in [0, 0.1) is 12.7 Å². The van der Waals surface area contributed by atoms with Crippen LogP contribution in [-0.2, 0) is 17.8 Å². The minimum atomic E-state index is -0.386. The Labute approximate surface area is 164 Å². The van der Waals surface area contributed by atoms with Gasteiger partial charge in [0, 0.05) is 28.3 Å². The lowest BCUT2D eigenvalue weighted by atomic mass is 10.1. The Balaban J connectivity index is 1.63. The fourth-order valence-corrected chi connectivity index (χ4v) is 3.23. The summed E-state index contributed by atoms with van der Waals surface area (Å²) in [6.07, 6.45) is 2.71. The van der Waals surface area contributed by atoms with Gasteiger partial charge >= 0.3 is 0 Å². The van der Waals surface area contributed by atoms with E-state index in [1.165, 1.54) is 35.9 Å². The van der Waals surface area contributed by atoms with Crippen molar-refractivity contribution in [3.05, 3.63) is 64.2 Å². The SMILES string of the molecule is Cc1ncc(CO)c(/C=N/NC(=O)Cc2csc(-c3ccc(F)cc3)n2)c1O. The molecule has 0 radical (unpaired) electrons. The van der Waals surface area contributed by atoms with Gasteiger partial charge in [0.25, 0.3) is 0 Å². The minimum Gasteiger partial charge on any atom is -0.505 e. The number of carbonyl (C=O) groups is 1. The molecule has 2 aromatic heterocycles. The number of hydrogen-bond donors (Lipinski definition) is 3. The standard InChI is InChI=1S/C19H17FN4O3S/c1-11-18(27)16(13(9-25)7-21-11)8-22-24-17(26)6-15-10-28-19(23-15)12-2-4-14(20)5-3-12/h2-5,7-8,10,25,27H,6,9H2,1H3,(H,24,26)/b22-8+. The molecule has 3 aromatic rings. The Morgan fingerprint density at radius 3 is 2.82 bits per heavy atom. The molecule has 0 saturated carbocycles. The Kier molecular flexibility index (Phi) is 6.07. The van der Waals surface area contributed by atoms with Crippen molar-refractivity contribution in [3.8, 4) is 16.3 Å². The number of aromatic nitrogens is 2. The molecule has 144 valence electrons. The number of aliphatic hydroxyl groups is 1. The number of nitrogens with zero attached hydrogens (tertiary/aromatic N) is 3. The molecule has 0 aliphatic carbocycles. The van der Waals surface area contributed by atoms with Crippen LogP contribution in [0.25, 0.3) is 10.6 Å². The molecule has 28 heavy (non-hydrogen) atoms. The van der Waals surface area contributed by atoms with E-state index in [-0.39, 0.29) is 30.5 Å². The van der Waals surface area contributed by atoms with Gasteiger partial charge in [-0.15, -0.1) is 11.3 Å². The summed E-state index contributed by atoms with van der Waals surface area (Å²) >= 11 is 1.36. The largest absolute Gasteiger partial charge is 0.505 e. The number of carbonyl (C=O) groups excluding carboxylic acids is 1. The molecule has 0 fully saturated rings. The Hall–Kier alpha value is -3.17. The van der Waals surface area contributed by atoms with Gasteiger partial charge in [-0.25, -0.2) is 14.8 Å². The quantitative estimate of drug-likeness (QED) is 0.435. The van der Waals surface area contributed by atoms with Crippen molar-refractivity contribution in [2.24, 2.45) is 5.10 Å². The average Bonchev–Trinajstić information content (AvgIpc) is 3.14. The first-order chi connectivity index (χ1) is 13.5. The van der Waals surface area contributed by atoms with Crippen LogP contribution < -0.4 is 5.43 Å². The number of hydrazone groups is 1. The van der Waals surface area contributed by atoms with E-state index >= 15 is 0 Å². The van der Waals surface area contributed by atoms with Crippen LogP contribution in [-0.4, -0.2) is 32.3 Å². The van der Waals surface area contributed by atoms with Gasteiger partial charge in [-0.1, -0.05) is 0 Å². The van der Waals surface area contributed by atoms with E-state index in [2.05, 4.69) is 20.5 Å². The summed E-state index contributed by atoms with van der Waals surface area (Å²) in [5.41, 5.74) is 4.78. The smallest absolute Gasteiger partial charge is 0.246 e. The number of nitrogens with one attached hydrogen (secondary N) is 1. The highest BCUT2D eigenvalue weighted by Crippen LogP contribution is 2.24. The van der Waals surface area contributed by atoms with Crippen LogP contribution in [0.2, 0.25) is 0 Å². The van der Waals surface area contributed by atoms with Crippen LogP contribution in [0.15, 0.2) is 40.9 Å². The highest BCUT2D eigenvalue weighted by molar-refractivity contribution is 7.13. The maximum atomic E-state index is 13.0. The van der Waals surface area contributed by atoms with Crippen LogP contribution in [0.5, 0.6) is 5.75 Å². The van der Waals surface area contributed by atoms with Crippen LogP contribution in [0.3, 0.4) is 0 Å². The predicted molar refractivity (Wildman–Crippen MR) is 104 cm³/mol. The van der Waals surface area contributed by atoms with Gasteiger partial charge in [0.1, 0.15) is 16.6 Å². The van der Waals surface area contributed by atoms with Crippen molar-refractivity contribution in [1.82, 2.24) is 15.4 Å². The second-order valence-corrected chi connectivity index (χ2v) is 6.77. The maximum Gasteiger partial charge on any atom is 0.246 e. The summed E-state index contributed by atoms with van der Waals surface area (Å²) in [6, 6.07) is 5.97. The molecule has 3 rings (SSSR count). The van der Waals surface area contributed by atoms with Crippen molar-refractivity contribution in [2.75, 3.05) is 0 Å². The zero-order valence-corrected chi connectivity index (χ0v) is 15.7. The topological polar surface area (TPSA) is 108 Å². The molecular weight excluding hydrogens is 383 g/mol. The minimum absolute atomic E-state index is 0.0171. The summed E-state index contributed by atoms with van der Waals surface area (Å²) in [5, 5.41) is 25.6. The van der Waals surface area contributed by atoms with Gasteiger partial charge in [-0.3, -0.25) is 9.78 Å².